The van der Waals surface area contributed by atoms with Gasteiger partial charge in [-0.1, -0.05) is 30.3 Å². The summed E-state index contributed by atoms with van der Waals surface area (Å²) in [6.45, 7) is 3.16. The van der Waals surface area contributed by atoms with E-state index in [1.165, 1.54) is 18.4 Å². The first-order valence-electron chi connectivity index (χ1n) is 7.06. The van der Waals surface area contributed by atoms with Gasteiger partial charge >= 0.3 is 0 Å². The summed E-state index contributed by atoms with van der Waals surface area (Å²) in [5.74, 6) is 1.73. The van der Waals surface area contributed by atoms with Crippen molar-refractivity contribution in [1.29, 1.82) is 0 Å². The molecule has 1 saturated heterocycles. The number of rotatable bonds is 4. The summed E-state index contributed by atoms with van der Waals surface area (Å²) < 4.78 is 2.23. The third kappa shape index (κ3) is 3.01. The van der Waals surface area contributed by atoms with E-state index in [2.05, 4.69) is 50.4 Å². The highest BCUT2D eigenvalue weighted by Crippen LogP contribution is 2.23. The first kappa shape index (κ1) is 12.4. The maximum Gasteiger partial charge on any atom is 0.136 e. The molecule has 1 aliphatic heterocycles. The van der Waals surface area contributed by atoms with Crippen LogP contribution in [0.5, 0.6) is 0 Å². The van der Waals surface area contributed by atoms with Crippen LogP contribution >= 0.6 is 0 Å². The Bertz CT molecular complexity index is 500. The molecule has 2 aromatic rings. The highest BCUT2D eigenvalue weighted by molar-refractivity contribution is 5.14. The predicted molar refractivity (Wildman–Crippen MR) is 75.0 cm³/mol. The van der Waals surface area contributed by atoms with Crippen LogP contribution in [-0.2, 0) is 13.0 Å². The number of benzene rings is 1. The van der Waals surface area contributed by atoms with E-state index < -0.39 is 0 Å². The van der Waals surface area contributed by atoms with Gasteiger partial charge in [-0.2, -0.15) is 0 Å². The minimum atomic E-state index is 0.569. The fourth-order valence-corrected chi connectivity index (χ4v) is 2.73. The van der Waals surface area contributed by atoms with Gasteiger partial charge in [0.2, 0.25) is 0 Å². The Morgan fingerprint density at radius 1 is 1.16 bits per heavy atom. The van der Waals surface area contributed by atoms with Crippen LogP contribution in [0, 0.1) is 0 Å². The van der Waals surface area contributed by atoms with E-state index in [1.807, 2.05) is 6.33 Å². The molecule has 0 aliphatic carbocycles. The summed E-state index contributed by atoms with van der Waals surface area (Å²) in [6.07, 6.45) is 5.26. The molecular formula is C15H20N4. The summed E-state index contributed by atoms with van der Waals surface area (Å²) >= 11 is 0. The lowest BCUT2D eigenvalue weighted by atomic mass is 9.97. The summed E-state index contributed by atoms with van der Waals surface area (Å²) in [6, 6.07) is 10.6. The van der Waals surface area contributed by atoms with Gasteiger partial charge in [-0.15, -0.1) is 10.2 Å². The van der Waals surface area contributed by atoms with Gasteiger partial charge in [0.05, 0.1) is 0 Å². The van der Waals surface area contributed by atoms with Crippen molar-refractivity contribution in [2.24, 2.45) is 0 Å². The molecule has 0 unspecified atom stereocenters. The van der Waals surface area contributed by atoms with Gasteiger partial charge in [0.25, 0.3) is 0 Å². The summed E-state index contributed by atoms with van der Waals surface area (Å²) in [5.41, 5.74) is 1.37. The first-order chi connectivity index (χ1) is 9.43. The minimum absolute atomic E-state index is 0.569. The predicted octanol–water partition coefficient (Wildman–Crippen LogP) is 1.99. The smallest absolute Gasteiger partial charge is 0.136 e. The maximum absolute atomic E-state index is 4.34. The fourth-order valence-electron chi connectivity index (χ4n) is 2.73. The Morgan fingerprint density at radius 3 is 2.74 bits per heavy atom. The van der Waals surface area contributed by atoms with Gasteiger partial charge in [-0.05, 0) is 37.9 Å². The Hall–Kier alpha value is -1.68. The molecular weight excluding hydrogens is 236 g/mol. The quantitative estimate of drug-likeness (QED) is 0.909. The molecule has 4 nitrogen and oxygen atoms in total. The van der Waals surface area contributed by atoms with Crippen molar-refractivity contribution in [3.05, 3.63) is 48.0 Å². The Balaban J connectivity index is 1.66. The molecule has 0 radical (unpaired) electrons. The van der Waals surface area contributed by atoms with Crippen molar-refractivity contribution in [3.8, 4) is 0 Å². The zero-order valence-corrected chi connectivity index (χ0v) is 11.1. The highest BCUT2D eigenvalue weighted by Gasteiger charge is 2.20. The number of piperidine rings is 1. The van der Waals surface area contributed by atoms with Gasteiger partial charge in [0.15, 0.2) is 0 Å². The molecule has 4 heteroatoms. The molecule has 2 heterocycles. The maximum atomic E-state index is 4.34. The van der Waals surface area contributed by atoms with Gasteiger partial charge in [-0.3, -0.25) is 0 Å². The van der Waals surface area contributed by atoms with Crippen molar-refractivity contribution < 1.29 is 0 Å². The fraction of sp³-hybridized carbons (Fsp3) is 0.467. The van der Waals surface area contributed by atoms with E-state index in [-0.39, 0.29) is 0 Å². The van der Waals surface area contributed by atoms with Crippen LogP contribution in [-0.4, -0.2) is 27.9 Å². The highest BCUT2D eigenvalue weighted by atomic mass is 15.3. The van der Waals surface area contributed by atoms with Crippen molar-refractivity contribution in [3.63, 3.8) is 0 Å². The van der Waals surface area contributed by atoms with Crippen molar-refractivity contribution >= 4 is 0 Å². The molecule has 1 fully saturated rings. The largest absolute Gasteiger partial charge is 0.317 e. The number of hydrogen-bond acceptors (Lipinski definition) is 3. The first-order valence-corrected chi connectivity index (χ1v) is 7.06. The van der Waals surface area contributed by atoms with Crippen LogP contribution in [0.1, 0.15) is 30.1 Å². The monoisotopic (exact) mass is 256 g/mol. The molecule has 1 aromatic carbocycles. The minimum Gasteiger partial charge on any atom is -0.317 e. The van der Waals surface area contributed by atoms with Crippen LogP contribution < -0.4 is 5.32 Å². The summed E-state index contributed by atoms with van der Waals surface area (Å²) in [7, 11) is 0. The molecule has 100 valence electrons. The van der Waals surface area contributed by atoms with Crippen LogP contribution in [0.25, 0.3) is 0 Å². The average molecular weight is 256 g/mol. The topological polar surface area (TPSA) is 42.7 Å². The molecule has 0 saturated carbocycles. The Labute approximate surface area is 113 Å². The van der Waals surface area contributed by atoms with Gasteiger partial charge in [0, 0.05) is 12.5 Å². The van der Waals surface area contributed by atoms with E-state index in [9.17, 15) is 0 Å². The van der Waals surface area contributed by atoms with E-state index >= 15 is 0 Å². The Morgan fingerprint density at radius 2 is 1.95 bits per heavy atom. The molecule has 0 spiro atoms. The second-order valence-electron chi connectivity index (χ2n) is 5.14. The molecule has 0 bridgehead atoms. The van der Waals surface area contributed by atoms with Crippen LogP contribution in [0.4, 0.5) is 0 Å². The summed E-state index contributed by atoms with van der Waals surface area (Å²) in [5, 5.41) is 11.8. The molecule has 1 aliphatic rings. The number of hydrogen-bond donors (Lipinski definition) is 1. The number of aryl methyl sites for hydroxylation is 2. The van der Waals surface area contributed by atoms with E-state index in [1.54, 1.807) is 0 Å². The van der Waals surface area contributed by atoms with Gasteiger partial charge < -0.3 is 9.88 Å². The van der Waals surface area contributed by atoms with Crippen LogP contribution in [0.15, 0.2) is 36.7 Å². The van der Waals surface area contributed by atoms with Crippen molar-refractivity contribution in [2.45, 2.75) is 31.7 Å². The SMILES string of the molecule is c1ccc(CCn2cnnc2C2CCNCC2)cc1. The molecule has 19 heavy (non-hydrogen) atoms. The lowest BCUT2D eigenvalue weighted by molar-refractivity contribution is 0.429. The zero-order valence-electron chi connectivity index (χ0n) is 11.1. The van der Waals surface area contributed by atoms with Crippen LogP contribution in [0.3, 0.4) is 0 Å². The summed E-state index contributed by atoms with van der Waals surface area (Å²) in [4.78, 5) is 0. The Kier molecular flexibility index (Phi) is 3.89. The molecule has 0 atom stereocenters. The third-order valence-electron chi connectivity index (χ3n) is 3.83. The van der Waals surface area contributed by atoms with E-state index in [4.69, 9.17) is 0 Å². The normalized spacial score (nSPS) is 16.6. The van der Waals surface area contributed by atoms with Crippen molar-refractivity contribution in [1.82, 2.24) is 20.1 Å². The number of aromatic nitrogens is 3. The molecule has 1 N–H and O–H groups in total. The average Bonchev–Trinajstić information content (AvgIpc) is 2.95. The van der Waals surface area contributed by atoms with E-state index in [0.717, 1.165) is 31.9 Å². The van der Waals surface area contributed by atoms with Gasteiger partial charge in [0.1, 0.15) is 12.2 Å². The molecule has 3 rings (SSSR count). The standard InChI is InChI=1S/C15H20N4/c1-2-4-13(5-3-1)8-11-19-12-17-18-15(19)14-6-9-16-10-7-14/h1-5,12,14,16H,6-11H2. The number of nitrogens with zero attached hydrogens (tertiary/aromatic N) is 3. The van der Waals surface area contributed by atoms with Crippen molar-refractivity contribution in [2.75, 3.05) is 13.1 Å². The lowest BCUT2D eigenvalue weighted by Gasteiger charge is -2.22. The van der Waals surface area contributed by atoms with Gasteiger partial charge in [-0.25, -0.2) is 0 Å². The second-order valence-corrected chi connectivity index (χ2v) is 5.14. The molecule has 0 amide bonds. The lowest BCUT2D eigenvalue weighted by Crippen LogP contribution is -2.28. The zero-order chi connectivity index (χ0) is 12.9. The number of nitrogens with one attached hydrogen (secondary N) is 1. The van der Waals surface area contributed by atoms with E-state index in [0.29, 0.717) is 5.92 Å². The third-order valence-corrected chi connectivity index (χ3v) is 3.83. The second kappa shape index (κ2) is 5.97. The van der Waals surface area contributed by atoms with Crippen LogP contribution in [0.2, 0.25) is 0 Å². The molecule has 1 aromatic heterocycles.